The lowest BCUT2D eigenvalue weighted by atomic mass is 10.0. The molecule has 0 saturated carbocycles. The maximum absolute atomic E-state index is 13.2. The first-order chi connectivity index (χ1) is 8.31. The van der Waals surface area contributed by atoms with Crippen molar-refractivity contribution in [1.29, 1.82) is 5.41 Å². The summed E-state index contributed by atoms with van der Waals surface area (Å²) in [6, 6.07) is 4.70. The van der Waals surface area contributed by atoms with E-state index in [0.29, 0.717) is 12.4 Å². The molecule has 2 rings (SSSR count). The van der Waals surface area contributed by atoms with Crippen LogP contribution in [0.25, 0.3) is 0 Å². The number of amidine groups is 1. The molecule has 98 valence electrons. The van der Waals surface area contributed by atoms with Crippen LogP contribution >= 0.6 is 0 Å². The second-order valence-corrected chi connectivity index (χ2v) is 5.71. The molecule has 0 unspecified atom stereocenters. The first-order valence-electron chi connectivity index (χ1n) is 6.11. The standard InChI is InChI=1S/C14H20FN3/c1-14(2,17(3)4)9-18-8-10-5-6-11(15)7-12(10)13(18)16/h5-7,16H,8-9H2,1-4H3. The SMILES string of the molecule is CN(C)C(C)(C)CN1Cc2ccc(F)cc2C1=N. The van der Waals surface area contributed by atoms with Crippen LogP contribution in [0, 0.1) is 11.2 Å². The average molecular weight is 249 g/mol. The van der Waals surface area contributed by atoms with Crippen LogP contribution in [0.5, 0.6) is 0 Å². The smallest absolute Gasteiger partial charge is 0.128 e. The number of hydrogen-bond donors (Lipinski definition) is 1. The van der Waals surface area contributed by atoms with E-state index in [4.69, 9.17) is 5.41 Å². The number of likely N-dealkylation sites (N-methyl/N-ethyl adjacent to an activating group) is 1. The molecule has 0 atom stereocenters. The quantitative estimate of drug-likeness (QED) is 0.891. The van der Waals surface area contributed by atoms with Crippen molar-refractivity contribution in [1.82, 2.24) is 9.80 Å². The van der Waals surface area contributed by atoms with Crippen molar-refractivity contribution in [2.45, 2.75) is 25.9 Å². The lowest BCUT2D eigenvalue weighted by molar-refractivity contribution is 0.154. The molecule has 0 amide bonds. The maximum atomic E-state index is 13.2. The highest BCUT2D eigenvalue weighted by Crippen LogP contribution is 2.25. The number of hydrogen-bond acceptors (Lipinski definition) is 2. The minimum Gasteiger partial charge on any atom is -0.350 e. The molecule has 3 nitrogen and oxygen atoms in total. The van der Waals surface area contributed by atoms with Gasteiger partial charge in [-0.05, 0) is 45.6 Å². The fourth-order valence-electron chi connectivity index (χ4n) is 2.11. The number of nitrogens with one attached hydrogen (secondary N) is 1. The molecule has 0 fully saturated rings. The molecule has 1 N–H and O–H groups in total. The molecule has 4 heteroatoms. The van der Waals surface area contributed by atoms with Gasteiger partial charge in [-0.3, -0.25) is 5.41 Å². The van der Waals surface area contributed by atoms with Gasteiger partial charge in [-0.2, -0.15) is 0 Å². The normalized spacial score (nSPS) is 15.4. The summed E-state index contributed by atoms with van der Waals surface area (Å²) in [5.41, 5.74) is 1.74. The van der Waals surface area contributed by atoms with Crippen molar-refractivity contribution in [2.24, 2.45) is 0 Å². The molecule has 0 aliphatic carbocycles. The lowest BCUT2D eigenvalue weighted by Gasteiger charge is -2.36. The Labute approximate surface area is 108 Å². The Balaban J connectivity index is 2.20. The monoisotopic (exact) mass is 249 g/mol. The third-order valence-electron chi connectivity index (χ3n) is 3.79. The minimum absolute atomic E-state index is 0.0209. The number of benzene rings is 1. The van der Waals surface area contributed by atoms with E-state index in [1.807, 2.05) is 19.0 Å². The highest BCUT2D eigenvalue weighted by Gasteiger charge is 2.30. The fraction of sp³-hybridized carbons (Fsp3) is 0.500. The molecule has 0 spiro atoms. The molecule has 0 saturated heterocycles. The molecular weight excluding hydrogens is 229 g/mol. The van der Waals surface area contributed by atoms with Crippen molar-refractivity contribution < 1.29 is 4.39 Å². The Kier molecular flexibility index (Phi) is 3.15. The van der Waals surface area contributed by atoms with E-state index in [2.05, 4.69) is 18.7 Å². The zero-order chi connectivity index (χ0) is 13.5. The summed E-state index contributed by atoms with van der Waals surface area (Å²) in [5.74, 6) is 0.159. The molecule has 1 aromatic rings. The molecule has 0 radical (unpaired) electrons. The number of rotatable bonds is 3. The Morgan fingerprint density at radius 1 is 1.39 bits per heavy atom. The molecular formula is C14H20FN3. The molecule has 1 aromatic carbocycles. The van der Waals surface area contributed by atoms with Crippen LogP contribution in [0.1, 0.15) is 25.0 Å². The van der Waals surface area contributed by atoms with Gasteiger partial charge in [0.2, 0.25) is 0 Å². The van der Waals surface area contributed by atoms with Crippen molar-refractivity contribution in [3.63, 3.8) is 0 Å². The Morgan fingerprint density at radius 3 is 2.67 bits per heavy atom. The lowest BCUT2D eigenvalue weighted by Crippen LogP contribution is -2.48. The van der Waals surface area contributed by atoms with Crippen LogP contribution < -0.4 is 0 Å². The third kappa shape index (κ3) is 2.25. The minimum atomic E-state index is -0.271. The van der Waals surface area contributed by atoms with Crippen LogP contribution in [-0.2, 0) is 6.54 Å². The van der Waals surface area contributed by atoms with E-state index in [9.17, 15) is 4.39 Å². The summed E-state index contributed by atoms with van der Waals surface area (Å²) in [7, 11) is 4.07. The van der Waals surface area contributed by atoms with Crippen LogP contribution in [0.3, 0.4) is 0 Å². The highest BCUT2D eigenvalue weighted by molar-refractivity contribution is 6.00. The number of halogens is 1. The molecule has 18 heavy (non-hydrogen) atoms. The predicted molar refractivity (Wildman–Crippen MR) is 71.4 cm³/mol. The van der Waals surface area contributed by atoms with Gasteiger partial charge < -0.3 is 9.80 Å². The van der Waals surface area contributed by atoms with E-state index < -0.39 is 0 Å². The van der Waals surface area contributed by atoms with Gasteiger partial charge in [0.15, 0.2) is 0 Å². The van der Waals surface area contributed by atoms with Gasteiger partial charge in [0, 0.05) is 24.2 Å². The van der Waals surface area contributed by atoms with Crippen LogP contribution in [0.15, 0.2) is 18.2 Å². The second kappa shape index (κ2) is 4.35. The first kappa shape index (κ1) is 13.0. The summed E-state index contributed by atoms with van der Waals surface area (Å²) in [6.45, 7) is 5.74. The van der Waals surface area contributed by atoms with Gasteiger partial charge in [-0.1, -0.05) is 6.07 Å². The van der Waals surface area contributed by atoms with Gasteiger partial charge in [-0.15, -0.1) is 0 Å². The average Bonchev–Trinajstić information content (AvgIpc) is 2.56. The maximum Gasteiger partial charge on any atom is 0.128 e. The van der Waals surface area contributed by atoms with E-state index in [1.54, 1.807) is 6.07 Å². The fourth-order valence-corrected chi connectivity index (χ4v) is 2.11. The van der Waals surface area contributed by atoms with Crippen molar-refractivity contribution in [2.75, 3.05) is 20.6 Å². The van der Waals surface area contributed by atoms with E-state index in [1.165, 1.54) is 12.1 Å². The zero-order valence-corrected chi connectivity index (χ0v) is 11.4. The van der Waals surface area contributed by atoms with E-state index in [-0.39, 0.29) is 11.4 Å². The first-order valence-corrected chi connectivity index (χ1v) is 6.11. The predicted octanol–water partition coefficient (Wildman–Crippen LogP) is 2.31. The van der Waals surface area contributed by atoms with Crippen LogP contribution in [-0.4, -0.2) is 41.8 Å². The Bertz CT molecular complexity index is 480. The Morgan fingerprint density at radius 2 is 2.06 bits per heavy atom. The van der Waals surface area contributed by atoms with Gasteiger partial charge in [0.25, 0.3) is 0 Å². The zero-order valence-electron chi connectivity index (χ0n) is 11.4. The molecule has 1 heterocycles. The molecule has 0 bridgehead atoms. The molecule has 1 aliphatic heterocycles. The van der Waals surface area contributed by atoms with Gasteiger partial charge in [0.05, 0.1) is 0 Å². The summed E-state index contributed by atoms with van der Waals surface area (Å²) < 4.78 is 13.2. The third-order valence-corrected chi connectivity index (χ3v) is 3.79. The summed E-state index contributed by atoms with van der Waals surface area (Å²) in [6.07, 6.45) is 0. The van der Waals surface area contributed by atoms with Gasteiger partial charge >= 0.3 is 0 Å². The summed E-state index contributed by atoms with van der Waals surface area (Å²) in [5, 5.41) is 8.15. The van der Waals surface area contributed by atoms with E-state index >= 15 is 0 Å². The molecule has 0 aromatic heterocycles. The number of fused-ring (bicyclic) bond motifs is 1. The Hall–Kier alpha value is -1.42. The number of nitrogens with zero attached hydrogens (tertiary/aromatic N) is 2. The van der Waals surface area contributed by atoms with E-state index in [0.717, 1.165) is 17.7 Å². The van der Waals surface area contributed by atoms with Crippen LogP contribution in [0.2, 0.25) is 0 Å². The van der Waals surface area contributed by atoms with Crippen molar-refractivity contribution in [3.8, 4) is 0 Å². The summed E-state index contributed by atoms with van der Waals surface area (Å²) >= 11 is 0. The summed E-state index contributed by atoms with van der Waals surface area (Å²) in [4.78, 5) is 4.15. The second-order valence-electron chi connectivity index (χ2n) is 5.71. The largest absolute Gasteiger partial charge is 0.350 e. The van der Waals surface area contributed by atoms with Gasteiger partial charge in [0.1, 0.15) is 11.7 Å². The molecule has 1 aliphatic rings. The highest BCUT2D eigenvalue weighted by atomic mass is 19.1. The van der Waals surface area contributed by atoms with Crippen molar-refractivity contribution in [3.05, 3.63) is 35.1 Å². The van der Waals surface area contributed by atoms with Crippen LogP contribution in [0.4, 0.5) is 4.39 Å². The van der Waals surface area contributed by atoms with Crippen molar-refractivity contribution >= 4 is 5.84 Å². The van der Waals surface area contributed by atoms with Gasteiger partial charge in [-0.25, -0.2) is 4.39 Å². The topological polar surface area (TPSA) is 30.3 Å².